The Morgan fingerprint density at radius 2 is 2.05 bits per heavy atom. The third kappa shape index (κ3) is 3.33. The highest BCUT2D eigenvalue weighted by atomic mass is 16.5. The quantitative estimate of drug-likeness (QED) is 0.833. The Morgan fingerprint density at radius 1 is 1.32 bits per heavy atom. The first-order chi connectivity index (χ1) is 10.5. The maximum absolute atomic E-state index is 11.4. The van der Waals surface area contributed by atoms with Gasteiger partial charge in [-0.3, -0.25) is 14.6 Å². The molecule has 0 spiro atoms. The largest absolute Gasteiger partial charge is 0.360 e. The number of aromatic nitrogens is 1. The van der Waals surface area contributed by atoms with Crippen molar-refractivity contribution in [1.29, 1.82) is 0 Å². The predicted molar refractivity (Wildman–Crippen MR) is 83.3 cm³/mol. The van der Waals surface area contributed by atoms with Crippen molar-refractivity contribution >= 4 is 5.91 Å². The second-order valence-electron chi connectivity index (χ2n) is 6.72. The molecule has 0 radical (unpaired) electrons. The Kier molecular flexibility index (Phi) is 4.49. The molecule has 0 aromatic carbocycles. The molecule has 2 fully saturated rings. The summed E-state index contributed by atoms with van der Waals surface area (Å²) >= 11 is 0. The average Bonchev–Trinajstić information content (AvgIpc) is 3.05. The highest BCUT2D eigenvalue weighted by Gasteiger charge is 2.35. The molecule has 6 nitrogen and oxygen atoms in total. The van der Waals surface area contributed by atoms with Gasteiger partial charge in [0.1, 0.15) is 0 Å². The number of likely N-dealkylation sites (tertiary alicyclic amines) is 1. The number of carbonyl (C=O) groups is 1. The molecule has 0 bridgehead atoms. The number of rotatable bonds is 3. The van der Waals surface area contributed by atoms with Crippen LogP contribution in [0.25, 0.3) is 0 Å². The second kappa shape index (κ2) is 6.38. The maximum atomic E-state index is 11.4. The molecule has 2 atom stereocenters. The lowest BCUT2D eigenvalue weighted by Gasteiger charge is -2.39. The molecule has 1 aromatic rings. The van der Waals surface area contributed by atoms with E-state index in [2.05, 4.69) is 21.9 Å². The number of hydrogen-bond acceptors (Lipinski definition) is 5. The Labute approximate surface area is 132 Å². The molecule has 6 heteroatoms. The van der Waals surface area contributed by atoms with E-state index >= 15 is 0 Å². The lowest BCUT2D eigenvalue weighted by molar-refractivity contribution is -0.130. The molecule has 1 aromatic heterocycles. The normalized spacial score (nSPS) is 27.5. The van der Waals surface area contributed by atoms with Crippen LogP contribution in [0.15, 0.2) is 10.6 Å². The lowest BCUT2D eigenvalue weighted by Crippen LogP contribution is -2.53. The van der Waals surface area contributed by atoms with Crippen LogP contribution in [0.4, 0.5) is 0 Å². The van der Waals surface area contributed by atoms with Gasteiger partial charge in [0.25, 0.3) is 0 Å². The predicted octanol–water partition coefficient (Wildman–Crippen LogP) is 0.967. The molecule has 3 heterocycles. The van der Waals surface area contributed by atoms with E-state index in [0.29, 0.717) is 12.0 Å². The summed E-state index contributed by atoms with van der Waals surface area (Å²) in [7, 11) is 0. The maximum Gasteiger partial charge on any atom is 0.219 e. The number of piperazine rings is 1. The molecular formula is C16H26N4O2. The van der Waals surface area contributed by atoms with Crippen molar-refractivity contribution in [3.05, 3.63) is 17.5 Å². The Morgan fingerprint density at radius 3 is 2.64 bits per heavy atom. The molecule has 0 aliphatic carbocycles. The van der Waals surface area contributed by atoms with Crippen LogP contribution >= 0.6 is 0 Å². The first kappa shape index (κ1) is 15.5. The van der Waals surface area contributed by atoms with Gasteiger partial charge in [-0.25, -0.2) is 0 Å². The zero-order chi connectivity index (χ0) is 15.7. The monoisotopic (exact) mass is 306 g/mol. The topological polar surface area (TPSA) is 52.8 Å². The van der Waals surface area contributed by atoms with E-state index in [1.54, 1.807) is 6.92 Å². The highest BCUT2D eigenvalue weighted by molar-refractivity contribution is 5.73. The van der Waals surface area contributed by atoms with E-state index in [1.807, 2.05) is 17.9 Å². The minimum absolute atomic E-state index is 0.196. The molecule has 2 saturated heterocycles. The summed E-state index contributed by atoms with van der Waals surface area (Å²) in [5, 5.41) is 3.96. The Hall–Kier alpha value is -1.40. The fraction of sp³-hybridized carbons (Fsp3) is 0.750. The average molecular weight is 306 g/mol. The summed E-state index contributed by atoms with van der Waals surface area (Å²) < 4.78 is 5.33. The van der Waals surface area contributed by atoms with Crippen LogP contribution < -0.4 is 0 Å². The van der Waals surface area contributed by atoms with Gasteiger partial charge in [0.2, 0.25) is 5.91 Å². The van der Waals surface area contributed by atoms with E-state index in [1.165, 1.54) is 0 Å². The molecule has 3 rings (SSSR count). The number of amides is 1. The van der Waals surface area contributed by atoms with Gasteiger partial charge < -0.3 is 9.42 Å². The summed E-state index contributed by atoms with van der Waals surface area (Å²) in [6.45, 7) is 12.7. The fourth-order valence-electron chi connectivity index (χ4n) is 3.73. The van der Waals surface area contributed by atoms with Gasteiger partial charge in [0.05, 0.1) is 12.2 Å². The summed E-state index contributed by atoms with van der Waals surface area (Å²) in [4.78, 5) is 18.4. The van der Waals surface area contributed by atoms with Gasteiger partial charge in [-0.1, -0.05) is 12.1 Å². The molecule has 1 amide bonds. The Balaban J connectivity index is 1.54. The second-order valence-corrected chi connectivity index (χ2v) is 6.72. The van der Waals surface area contributed by atoms with Crippen LogP contribution in [0.2, 0.25) is 0 Å². The van der Waals surface area contributed by atoms with Gasteiger partial charge in [0.15, 0.2) is 5.76 Å². The van der Waals surface area contributed by atoms with Gasteiger partial charge >= 0.3 is 0 Å². The fourth-order valence-corrected chi connectivity index (χ4v) is 3.73. The molecule has 0 N–H and O–H groups in total. The highest BCUT2D eigenvalue weighted by Crippen LogP contribution is 2.24. The van der Waals surface area contributed by atoms with Crippen molar-refractivity contribution in [2.75, 3.05) is 39.3 Å². The molecule has 2 aliphatic heterocycles. The smallest absolute Gasteiger partial charge is 0.219 e. The van der Waals surface area contributed by atoms with Crippen molar-refractivity contribution in [1.82, 2.24) is 19.9 Å². The van der Waals surface area contributed by atoms with Crippen LogP contribution in [-0.4, -0.2) is 71.1 Å². The van der Waals surface area contributed by atoms with Crippen molar-refractivity contribution < 1.29 is 9.32 Å². The van der Waals surface area contributed by atoms with Crippen molar-refractivity contribution in [3.63, 3.8) is 0 Å². The SMILES string of the molecule is CC(=O)N1CCN([C@@H]2CN(Cc3cc(C)no3)C[C@@H]2C)CC1. The minimum Gasteiger partial charge on any atom is -0.360 e. The molecule has 0 saturated carbocycles. The van der Waals surface area contributed by atoms with Crippen LogP contribution in [0.3, 0.4) is 0 Å². The van der Waals surface area contributed by atoms with E-state index in [-0.39, 0.29) is 5.91 Å². The Bertz CT molecular complexity index is 522. The third-order valence-electron chi connectivity index (χ3n) is 4.93. The summed E-state index contributed by atoms with van der Waals surface area (Å²) in [5.74, 6) is 1.79. The summed E-state index contributed by atoms with van der Waals surface area (Å²) in [5.41, 5.74) is 0.944. The number of carbonyl (C=O) groups excluding carboxylic acids is 1. The van der Waals surface area contributed by atoms with Crippen LogP contribution in [0, 0.1) is 12.8 Å². The van der Waals surface area contributed by atoms with E-state index in [0.717, 1.165) is 57.3 Å². The number of aryl methyl sites for hydroxylation is 1. The van der Waals surface area contributed by atoms with Crippen LogP contribution in [-0.2, 0) is 11.3 Å². The zero-order valence-electron chi connectivity index (χ0n) is 13.8. The van der Waals surface area contributed by atoms with Gasteiger partial charge in [-0.2, -0.15) is 0 Å². The van der Waals surface area contributed by atoms with Crippen molar-refractivity contribution in [2.24, 2.45) is 5.92 Å². The lowest BCUT2D eigenvalue weighted by atomic mass is 10.0. The van der Waals surface area contributed by atoms with E-state index in [9.17, 15) is 4.79 Å². The van der Waals surface area contributed by atoms with Crippen molar-refractivity contribution in [3.8, 4) is 0 Å². The zero-order valence-corrected chi connectivity index (χ0v) is 13.8. The first-order valence-electron chi connectivity index (χ1n) is 8.17. The number of hydrogen-bond donors (Lipinski definition) is 0. The van der Waals surface area contributed by atoms with Crippen LogP contribution in [0.1, 0.15) is 25.3 Å². The summed E-state index contributed by atoms with van der Waals surface area (Å²) in [6.07, 6.45) is 0. The summed E-state index contributed by atoms with van der Waals surface area (Å²) in [6, 6.07) is 2.60. The molecular weight excluding hydrogens is 280 g/mol. The van der Waals surface area contributed by atoms with Gasteiger partial charge in [0, 0.05) is 58.3 Å². The van der Waals surface area contributed by atoms with E-state index < -0.39 is 0 Å². The molecule has 0 unspecified atom stereocenters. The van der Waals surface area contributed by atoms with Gasteiger partial charge in [-0.15, -0.1) is 0 Å². The number of nitrogens with zero attached hydrogens (tertiary/aromatic N) is 4. The molecule has 22 heavy (non-hydrogen) atoms. The van der Waals surface area contributed by atoms with Crippen LogP contribution in [0.5, 0.6) is 0 Å². The minimum atomic E-state index is 0.196. The van der Waals surface area contributed by atoms with Crippen molar-refractivity contribution in [2.45, 2.75) is 33.4 Å². The molecule has 2 aliphatic rings. The van der Waals surface area contributed by atoms with E-state index in [4.69, 9.17) is 4.52 Å². The molecule has 122 valence electrons. The third-order valence-corrected chi connectivity index (χ3v) is 4.93. The standard InChI is InChI=1S/C16H26N4O2/c1-12-9-18(10-15-8-13(2)17-22-15)11-16(12)20-6-4-19(5-7-20)14(3)21/h8,12,16H,4-7,9-11H2,1-3H3/t12-,16+/m0/s1. The van der Waals surface area contributed by atoms with Gasteiger partial charge in [-0.05, 0) is 12.8 Å². The first-order valence-corrected chi connectivity index (χ1v) is 8.17.